The minimum absolute atomic E-state index is 0.973. The standard InChI is InChI=1S/2C8H8N2/c2*1-6-9-7-4-2-3-5-8(7)10-6/h2*2-5H,1H3,(H,9,10). The van der Waals surface area contributed by atoms with Gasteiger partial charge in [0.1, 0.15) is 11.6 Å². The molecule has 100 valence electrons. The number of aromatic nitrogens is 4. The molecule has 2 N–H and O–H groups in total. The Morgan fingerprint density at radius 3 is 1.45 bits per heavy atom. The van der Waals surface area contributed by atoms with Gasteiger partial charge in [0.15, 0.2) is 0 Å². The summed E-state index contributed by atoms with van der Waals surface area (Å²) in [7, 11) is 0. The Morgan fingerprint density at radius 2 is 1.05 bits per heavy atom. The Labute approximate surface area is 116 Å². The van der Waals surface area contributed by atoms with E-state index in [1.54, 1.807) is 0 Å². The lowest BCUT2D eigenvalue weighted by Gasteiger charge is -1.81. The molecule has 0 bridgehead atoms. The van der Waals surface area contributed by atoms with Gasteiger partial charge >= 0.3 is 0 Å². The summed E-state index contributed by atoms with van der Waals surface area (Å²) in [5.74, 6) is 1.95. The number of hydrogen-bond acceptors (Lipinski definition) is 2. The highest BCUT2D eigenvalue weighted by atomic mass is 14.9. The molecule has 0 atom stereocenters. The van der Waals surface area contributed by atoms with Crippen molar-refractivity contribution >= 4 is 22.1 Å². The van der Waals surface area contributed by atoms with Crippen LogP contribution in [0.1, 0.15) is 11.6 Å². The highest BCUT2D eigenvalue weighted by Gasteiger charge is 1.94. The number of fused-ring (bicyclic) bond motifs is 2. The number of nitrogens with one attached hydrogen (secondary N) is 2. The lowest BCUT2D eigenvalue weighted by atomic mass is 10.3. The van der Waals surface area contributed by atoms with Crippen LogP contribution in [0.25, 0.3) is 22.1 Å². The summed E-state index contributed by atoms with van der Waals surface area (Å²) >= 11 is 0. The van der Waals surface area contributed by atoms with Gasteiger partial charge in [0, 0.05) is 0 Å². The van der Waals surface area contributed by atoms with E-state index >= 15 is 0 Å². The maximum absolute atomic E-state index is 4.26. The number of H-pyrrole nitrogens is 2. The van der Waals surface area contributed by atoms with Crippen LogP contribution < -0.4 is 0 Å². The molecule has 0 fully saturated rings. The second kappa shape index (κ2) is 5.17. The first-order valence-electron chi connectivity index (χ1n) is 6.55. The zero-order valence-electron chi connectivity index (χ0n) is 11.5. The molecule has 4 nitrogen and oxygen atoms in total. The minimum atomic E-state index is 0.973. The van der Waals surface area contributed by atoms with E-state index in [1.807, 2.05) is 62.4 Å². The maximum Gasteiger partial charge on any atom is 0.104 e. The third kappa shape index (κ3) is 2.54. The zero-order valence-corrected chi connectivity index (χ0v) is 11.5. The molecule has 2 aromatic heterocycles. The predicted molar refractivity (Wildman–Crippen MR) is 81.7 cm³/mol. The molecule has 0 spiro atoms. The second-order valence-corrected chi connectivity index (χ2v) is 4.68. The predicted octanol–water partition coefficient (Wildman–Crippen LogP) is 3.74. The summed E-state index contributed by atoms with van der Waals surface area (Å²) in [6.07, 6.45) is 0. The van der Waals surface area contributed by atoms with Gasteiger partial charge in [-0.2, -0.15) is 0 Å². The summed E-state index contributed by atoms with van der Waals surface area (Å²) in [5, 5.41) is 0. The van der Waals surface area contributed by atoms with E-state index in [4.69, 9.17) is 0 Å². The quantitative estimate of drug-likeness (QED) is 0.508. The van der Waals surface area contributed by atoms with E-state index < -0.39 is 0 Å². The average Bonchev–Trinajstić information content (AvgIpc) is 2.99. The van der Waals surface area contributed by atoms with Crippen LogP contribution in [0.4, 0.5) is 0 Å². The van der Waals surface area contributed by atoms with Gasteiger partial charge in [0.25, 0.3) is 0 Å². The lowest BCUT2D eigenvalue weighted by molar-refractivity contribution is 1.17. The Hall–Kier alpha value is -2.62. The first-order chi connectivity index (χ1) is 9.72. The lowest BCUT2D eigenvalue weighted by Crippen LogP contribution is -1.68. The van der Waals surface area contributed by atoms with Crippen molar-refractivity contribution in [1.82, 2.24) is 19.9 Å². The van der Waals surface area contributed by atoms with Gasteiger partial charge in [-0.15, -0.1) is 0 Å². The van der Waals surface area contributed by atoms with Gasteiger partial charge in [-0.1, -0.05) is 24.3 Å². The first-order valence-corrected chi connectivity index (χ1v) is 6.55. The maximum atomic E-state index is 4.26. The van der Waals surface area contributed by atoms with Crippen molar-refractivity contribution < 1.29 is 0 Å². The zero-order chi connectivity index (χ0) is 13.9. The van der Waals surface area contributed by atoms with E-state index in [9.17, 15) is 0 Å². The number of nitrogens with zero attached hydrogens (tertiary/aromatic N) is 2. The highest BCUT2D eigenvalue weighted by molar-refractivity contribution is 5.75. The van der Waals surface area contributed by atoms with Crippen LogP contribution in [-0.2, 0) is 0 Å². The minimum Gasteiger partial charge on any atom is -0.342 e. The van der Waals surface area contributed by atoms with E-state index in [2.05, 4.69) is 19.9 Å². The number of aromatic amines is 2. The molecule has 0 amide bonds. The summed E-state index contributed by atoms with van der Waals surface area (Å²) < 4.78 is 0. The van der Waals surface area contributed by atoms with Crippen LogP contribution in [-0.4, -0.2) is 19.9 Å². The average molecular weight is 264 g/mol. The molecule has 0 unspecified atom stereocenters. The third-order valence-corrected chi connectivity index (χ3v) is 3.02. The van der Waals surface area contributed by atoms with E-state index in [1.165, 1.54) is 0 Å². The van der Waals surface area contributed by atoms with E-state index in [-0.39, 0.29) is 0 Å². The Kier molecular flexibility index (Phi) is 3.21. The van der Waals surface area contributed by atoms with Crippen molar-refractivity contribution in [3.05, 3.63) is 60.2 Å². The number of imidazole rings is 2. The Bertz CT molecular complexity index is 704. The van der Waals surface area contributed by atoms with Crippen molar-refractivity contribution in [3.8, 4) is 0 Å². The number of benzene rings is 2. The highest BCUT2D eigenvalue weighted by Crippen LogP contribution is 2.09. The smallest absolute Gasteiger partial charge is 0.104 e. The van der Waals surface area contributed by atoms with Gasteiger partial charge in [-0.05, 0) is 38.1 Å². The topological polar surface area (TPSA) is 57.4 Å². The fraction of sp³-hybridized carbons (Fsp3) is 0.125. The molecule has 2 aromatic carbocycles. The van der Waals surface area contributed by atoms with E-state index in [0.29, 0.717) is 0 Å². The molecule has 4 heteroatoms. The molecule has 20 heavy (non-hydrogen) atoms. The van der Waals surface area contributed by atoms with Crippen molar-refractivity contribution in [3.63, 3.8) is 0 Å². The van der Waals surface area contributed by atoms with Crippen LogP contribution in [0.2, 0.25) is 0 Å². The van der Waals surface area contributed by atoms with Crippen LogP contribution in [0.15, 0.2) is 48.5 Å². The van der Waals surface area contributed by atoms with Crippen molar-refractivity contribution in [2.45, 2.75) is 13.8 Å². The molecular weight excluding hydrogens is 248 g/mol. The molecule has 0 radical (unpaired) electrons. The first kappa shape index (κ1) is 12.4. The van der Waals surface area contributed by atoms with Gasteiger partial charge in [0.05, 0.1) is 22.1 Å². The van der Waals surface area contributed by atoms with Crippen molar-refractivity contribution in [1.29, 1.82) is 0 Å². The molecule has 2 heterocycles. The number of hydrogen-bond donors (Lipinski definition) is 2. The largest absolute Gasteiger partial charge is 0.342 e. The van der Waals surface area contributed by atoms with Gasteiger partial charge in [-0.25, -0.2) is 9.97 Å². The van der Waals surface area contributed by atoms with Gasteiger partial charge < -0.3 is 9.97 Å². The van der Waals surface area contributed by atoms with Crippen molar-refractivity contribution in [2.24, 2.45) is 0 Å². The number of para-hydroxylation sites is 4. The molecule has 0 aliphatic carbocycles. The summed E-state index contributed by atoms with van der Waals surface area (Å²) in [6.45, 7) is 3.92. The fourth-order valence-electron chi connectivity index (χ4n) is 2.16. The molecule has 4 aromatic rings. The summed E-state index contributed by atoms with van der Waals surface area (Å²) in [5.41, 5.74) is 4.31. The number of aryl methyl sites for hydroxylation is 2. The van der Waals surface area contributed by atoms with Crippen LogP contribution in [0, 0.1) is 13.8 Å². The van der Waals surface area contributed by atoms with Gasteiger partial charge in [0.2, 0.25) is 0 Å². The van der Waals surface area contributed by atoms with E-state index in [0.717, 1.165) is 33.7 Å². The Balaban J connectivity index is 0.000000121. The summed E-state index contributed by atoms with van der Waals surface area (Å²) in [4.78, 5) is 14.8. The van der Waals surface area contributed by atoms with Crippen molar-refractivity contribution in [2.75, 3.05) is 0 Å². The molecule has 0 aliphatic rings. The molecule has 4 rings (SSSR count). The van der Waals surface area contributed by atoms with Crippen LogP contribution in [0.5, 0.6) is 0 Å². The molecule has 0 saturated heterocycles. The SMILES string of the molecule is Cc1nc2ccccc2[nH]1.Cc1nc2ccccc2[nH]1. The second-order valence-electron chi connectivity index (χ2n) is 4.68. The monoisotopic (exact) mass is 264 g/mol. The van der Waals surface area contributed by atoms with Gasteiger partial charge in [-0.3, -0.25) is 0 Å². The fourth-order valence-corrected chi connectivity index (χ4v) is 2.16. The molecule has 0 saturated carbocycles. The molecular formula is C16H16N4. The van der Waals surface area contributed by atoms with Crippen LogP contribution in [0.3, 0.4) is 0 Å². The normalized spacial score (nSPS) is 10.5. The summed E-state index contributed by atoms with van der Waals surface area (Å²) in [6, 6.07) is 16.0. The Morgan fingerprint density at radius 1 is 0.650 bits per heavy atom. The number of rotatable bonds is 0. The third-order valence-electron chi connectivity index (χ3n) is 3.02. The van der Waals surface area contributed by atoms with Crippen LogP contribution >= 0.6 is 0 Å². The molecule has 0 aliphatic heterocycles.